The lowest BCUT2D eigenvalue weighted by molar-refractivity contribution is -0.115. The number of rotatable bonds is 5. The number of anilines is 1. The van der Waals surface area contributed by atoms with Crippen LogP contribution in [0.4, 0.5) is 5.69 Å². The molecule has 1 amide bonds. The summed E-state index contributed by atoms with van der Waals surface area (Å²) in [6.45, 7) is 10.4. The average molecular weight is 412 g/mol. The molecule has 2 heterocycles. The van der Waals surface area contributed by atoms with E-state index in [1.807, 2.05) is 29.7 Å². The molecule has 0 aliphatic rings. The van der Waals surface area contributed by atoms with Gasteiger partial charge in [0.05, 0.1) is 17.8 Å². The van der Waals surface area contributed by atoms with Crippen molar-refractivity contribution in [1.82, 2.24) is 9.38 Å². The van der Waals surface area contributed by atoms with Gasteiger partial charge in [-0.1, -0.05) is 37.3 Å². The third-order valence-electron chi connectivity index (χ3n) is 5.99. The van der Waals surface area contributed by atoms with E-state index in [0.29, 0.717) is 0 Å². The topological polar surface area (TPSA) is 46.4 Å². The molecule has 2 aromatic heterocycles. The first kappa shape index (κ1) is 20.9. The molecular weight excluding hydrogens is 382 g/mol. The molecule has 0 unspecified atom stereocenters. The van der Waals surface area contributed by atoms with Crippen molar-refractivity contribution in [3.05, 3.63) is 88.2 Å². The molecule has 0 aliphatic heterocycles. The zero-order valence-electron chi connectivity index (χ0n) is 18.9. The van der Waals surface area contributed by atoms with Crippen molar-refractivity contribution in [3.63, 3.8) is 0 Å². The Labute approximate surface area is 184 Å². The fourth-order valence-corrected chi connectivity index (χ4v) is 4.02. The normalized spacial score (nSPS) is 11.1. The molecule has 0 radical (unpaired) electrons. The van der Waals surface area contributed by atoms with Gasteiger partial charge in [0, 0.05) is 17.4 Å². The van der Waals surface area contributed by atoms with Crippen molar-refractivity contribution >= 4 is 17.2 Å². The van der Waals surface area contributed by atoms with E-state index in [-0.39, 0.29) is 12.3 Å². The van der Waals surface area contributed by atoms with Crippen molar-refractivity contribution in [2.24, 2.45) is 0 Å². The van der Waals surface area contributed by atoms with Gasteiger partial charge in [0.15, 0.2) is 0 Å². The van der Waals surface area contributed by atoms with Gasteiger partial charge in [-0.15, -0.1) is 0 Å². The summed E-state index contributed by atoms with van der Waals surface area (Å²) in [6, 6.07) is 16.6. The standard InChI is InChI=1S/C27H29N3O/c1-6-21-9-7-8-19(4)26(21)29-25(31)16-23-27(22-11-10-18(3)20(5)15-22)28-24-14-17(2)12-13-30(23)24/h7-15H,6,16H2,1-5H3,(H,29,31). The summed E-state index contributed by atoms with van der Waals surface area (Å²) in [7, 11) is 0. The highest BCUT2D eigenvalue weighted by Crippen LogP contribution is 2.28. The Morgan fingerprint density at radius 3 is 2.52 bits per heavy atom. The average Bonchev–Trinajstić information content (AvgIpc) is 3.08. The zero-order chi connectivity index (χ0) is 22.1. The Hall–Kier alpha value is -3.40. The van der Waals surface area contributed by atoms with E-state index in [2.05, 4.69) is 69.4 Å². The maximum atomic E-state index is 13.2. The number of imidazole rings is 1. The van der Waals surface area contributed by atoms with Gasteiger partial charge in [0.1, 0.15) is 5.65 Å². The van der Waals surface area contributed by atoms with Crippen molar-refractivity contribution in [2.75, 3.05) is 5.32 Å². The number of aryl methyl sites for hydroxylation is 5. The van der Waals surface area contributed by atoms with Gasteiger partial charge >= 0.3 is 0 Å². The molecule has 31 heavy (non-hydrogen) atoms. The van der Waals surface area contributed by atoms with E-state index >= 15 is 0 Å². The van der Waals surface area contributed by atoms with Crippen molar-refractivity contribution in [2.45, 2.75) is 47.5 Å². The first-order valence-electron chi connectivity index (χ1n) is 10.8. The third kappa shape index (κ3) is 4.11. The molecule has 4 nitrogen and oxygen atoms in total. The molecule has 4 rings (SSSR count). The lowest BCUT2D eigenvalue weighted by atomic mass is 10.0. The molecular formula is C27H29N3O. The summed E-state index contributed by atoms with van der Waals surface area (Å²) in [4.78, 5) is 18.1. The number of para-hydroxylation sites is 1. The quantitative estimate of drug-likeness (QED) is 0.439. The summed E-state index contributed by atoms with van der Waals surface area (Å²) in [6.07, 6.45) is 3.14. The Kier molecular flexibility index (Phi) is 5.64. The second-order valence-corrected chi connectivity index (χ2v) is 8.33. The van der Waals surface area contributed by atoms with Crippen LogP contribution in [0.25, 0.3) is 16.9 Å². The lowest BCUT2D eigenvalue weighted by Crippen LogP contribution is -2.18. The molecule has 0 bridgehead atoms. The van der Waals surface area contributed by atoms with Crippen molar-refractivity contribution in [1.29, 1.82) is 0 Å². The predicted molar refractivity (Wildman–Crippen MR) is 128 cm³/mol. The van der Waals surface area contributed by atoms with Gasteiger partial charge in [-0.05, 0) is 80.1 Å². The number of hydrogen-bond donors (Lipinski definition) is 1. The Morgan fingerprint density at radius 2 is 1.77 bits per heavy atom. The lowest BCUT2D eigenvalue weighted by Gasteiger charge is -2.13. The van der Waals surface area contributed by atoms with Crippen LogP contribution in [0.5, 0.6) is 0 Å². The van der Waals surface area contributed by atoms with Crippen LogP contribution in [0, 0.1) is 27.7 Å². The Balaban J connectivity index is 1.76. The fraction of sp³-hybridized carbons (Fsp3) is 0.259. The first-order chi connectivity index (χ1) is 14.9. The summed E-state index contributed by atoms with van der Waals surface area (Å²) in [5, 5.41) is 3.16. The largest absolute Gasteiger partial charge is 0.325 e. The smallest absolute Gasteiger partial charge is 0.230 e. The summed E-state index contributed by atoms with van der Waals surface area (Å²) in [5.41, 5.74) is 10.4. The maximum Gasteiger partial charge on any atom is 0.230 e. The van der Waals surface area contributed by atoms with Gasteiger partial charge in [0.2, 0.25) is 5.91 Å². The van der Waals surface area contributed by atoms with Crippen LogP contribution in [0.15, 0.2) is 54.7 Å². The number of carbonyl (C=O) groups is 1. The molecule has 1 N–H and O–H groups in total. The minimum Gasteiger partial charge on any atom is -0.325 e. The number of amides is 1. The Morgan fingerprint density at radius 1 is 0.968 bits per heavy atom. The number of benzene rings is 2. The van der Waals surface area contributed by atoms with Crippen molar-refractivity contribution in [3.8, 4) is 11.3 Å². The summed E-state index contributed by atoms with van der Waals surface area (Å²) >= 11 is 0. The summed E-state index contributed by atoms with van der Waals surface area (Å²) in [5.74, 6) is -0.0311. The molecule has 0 aliphatic carbocycles. The molecule has 0 saturated heterocycles. The molecule has 158 valence electrons. The van der Waals surface area contributed by atoms with Crippen LogP contribution in [0.1, 0.15) is 40.4 Å². The van der Waals surface area contributed by atoms with Crippen molar-refractivity contribution < 1.29 is 4.79 Å². The molecule has 2 aromatic carbocycles. The highest BCUT2D eigenvalue weighted by atomic mass is 16.1. The molecule has 0 spiro atoms. The number of pyridine rings is 1. The number of fused-ring (bicyclic) bond motifs is 1. The van der Waals surface area contributed by atoms with Gasteiger partial charge in [-0.2, -0.15) is 0 Å². The Bertz CT molecular complexity index is 1280. The summed E-state index contributed by atoms with van der Waals surface area (Å²) < 4.78 is 2.04. The highest BCUT2D eigenvalue weighted by Gasteiger charge is 2.19. The number of nitrogens with zero attached hydrogens (tertiary/aromatic N) is 2. The molecule has 0 fully saturated rings. The molecule has 0 atom stereocenters. The van der Waals surface area contributed by atoms with Crippen LogP contribution < -0.4 is 5.32 Å². The number of aromatic nitrogens is 2. The SMILES string of the molecule is CCc1cccc(C)c1NC(=O)Cc1c(-c2ccc(C)c(C)c2)nc2cc(C)ccn12. The first-order valence-corrected chi connectivity index (χ1v) is 10.8. The van der Waals surface area contributed by atoms with Crippen LogP contribution >= 0.6 is 0 Å². The third-order valence-corrected chi connectivity index (χ3v) is 5.99. The predicted octanol–water partition coefficient (Wildman–Crippen LogP) is 5.98. The second-order valence-electron chi connectivity index (χ2n) is 8.33. The van der Waals surface area contributed by atoms with E-state index in [0.717, 1.165) is 51.4 Å². The number of hydrogen-bond acceptors (Lipinski definition) is 2. The van der Waals surface area contributed by atoms with Crippen LogP contribution in [0.2, 0.25) is 0 Å². The van der Waals surface area contributed by atoms with Gasteiger partial charge in [-0.25, -0.2) is 4.98 Å². The van der Waals surface area contributed by atoms with Gasteiger partial charge in [0.25, 0.3) is 0 Å². The number of carbonyl (C=O) groups excluding carboxylic acids is 1. The van der Waals surface area contributed by atoms with E-state index in [1.165, 1.54) is 11.1 Å². The highest BCUT2D eigenvalue weighted by molar-refractivity contribution is 5.94. The van der Waals surface area contributed by atoms with Crippen LogP contribution in [-0.2, 0) is 17.6 Å². The zero-order valence-corrected chi connectivity index (χ0v) is 18.9. The van der Waals surface area contributed by atoms with E-state index in [4.69, 9.17) is 4.98 Å². The van der Waals surface area contributed by atoms with E-state index in [9.17, 15) is 4.79 Å². The van der Waals surface area contributed by atoms with E-state index < -0.39 is 0 Å². The van der Waals surface area contributed by atoms with E-state index in [1.54, 1.807) is 0 Å². The fourth-order valence-electron chi connectivity index (χ4n) is 4.02. The van der Waals surface area contributed by atoms with Gasteiger partial charge in [-0.3, -0.25) is 4.79 Å². The molecule has 0 saturated carbocycles. The van der Waals surface area contributed by atoms with Crippen LogP contribution in [-0.4, -0.2) is 15.3 Å². The maximum absolute atomic E-state index is 13.2. The minimum absolute atomic E-state index is 0.0311. The second kappa shape index (κ2) is 8.38. The molecule has 4 heteroatoms. The minimum atomic E-state index is -0.0311. The van der Waals surface area contributed by atoms with Crippen LogP contribution in [0.3, 0.4) is 0 Å². The monoisotopic (exact) mass is 411 g/mol. The van der Waals surface area contributed by atoms with Gasteiger partial charge < -0.3 is 9.72 Å². The number of nitrogens with one attached hydrogen (secondary N) is 1. The molecule has 4 aromatic rings.